The van der Waals surface area contributed by atoms with Crippen molar-refractivity contribution in [2.75, 3.05) is 0 Å². The molecule has 1 aromatic heterocycles. The fourth-order valence-electron chi connectivity index (χ4n) is 2.49. The predicted molar refractivity (Wildman–Crippen MR) is 62.2 cm³/mol. The summed E-state index contributed by atoms with van der Waals surface area (Å²) in [7, 11) is 0. The number of aromatic nitrogens is 3. The highest BCUT2D eigenvalue weighted by Crippen LogP contribution is 2.28. The number of halogens is 1. The SMILES string of the molecule is Cc1nnc2n1CC(c1cccc(F)c1)CC2. The second-order valence-electron chi connectivity index (χ2n) is 4.56. The number of benzene rings is 1. The first-order chi connectivity index (χ1) is 8.24. The number of hydrogen-bond donors (Lipinski definition) is 0. The first kappa shape index (κ1) is 10.4. The van der Waals surface area contributed by atoms with Crippen molar-refractivity contribution < 1.29 is 4.39 Å². The van der Waals surface area contributed by atoms with E-state index in [1.54, 1.807) is 12.1 Å². The normalized spacial score (nSPS) is 19.1. The molecule has 0 bridgehead atoms. The highest BCUT2D eigenvalue weighted by atomic mass is 19.1. The molecule has 1 aliphatic heterocycles. The van der Waals surface area contributed by atoms with Crippen LogP contribution in [0.4, 0.5) is 4.39 Å². The lowest BCUT2D eigenvalue weighted by Crippen LogP contribution is -2.19. The molecule has 1 atom stereocenters. The summed E-state index contributed by atoms with van der Waals surface area (Å²) in [4.78, 5) is 0. The maximum absolute atomic E-state index is 13.2. The molecule has 0 spiro atoms. The largest absolute Gasteiger partial charge is 0.315 e. The molecule has 3 nitrogen and oxygen atoms in total. The number of aryl methyl sites for hydroxylation is 2. The van der Waals surface area contributed by atoms with Crippen LogP contribution >= 0.6 is 0 Å². The van der Waals surface area contributed by atoms with Crippen molar-refractivity contribution in [3.63, 3.8) is 0 Å². The Hall–Kier alpha value is -1.71. The highest BCUT2D eigenvalue weighted by Gasteiger charge is 2.22. The smallest absolute Gasteiger partial charge is 0.133 e. The van der Waals surface area contributed by atoms with Gasteiger partial charge in [0, 0.05) is 18.9 Å². The van der Waals surface area contributed by atoms with Gasteiger partial charge >= 0.3 is 0 Å². The van der Waals surface area contributed by atoms with Crippen molar-refractivity contribution in [1.82, 2.24) is 14.8 Å². The summed E-state index contributed by atoms with van der Waals surface area (Å²) in [5.74, 6) is 2.21. The first-order valence-corrected chi connectivity index (χ1v) is 5.88. The first-order valence-electron chi connectivity index (χ1n) is 5.88. The highest BCUT2D eigenvalue weighted by molar-refractivity contribution is 5.22. The van der Waals surface area contributed by atoms with Gasteiger partial charge in [-0.05, 0) is 31.0 Å². The van der Waals surface area contributed by atoms with Gasteiger partial charge in [0.05, 0.1) is 0 Å². The fourth-order valence-corrected chi connectivity index (χ4v) is 2.49. The minimum absolute atomic E-state index is 0.159. The lowest BCUT2D eigenvalue weighted by Gasteiger charge is -2.24. The van der Waals surface area contributed by atoms with Gasteiger partial charge < -0.3 is 4.57 Å². The molecule has 0 saturated carbocycles. The van der Waals surface area contributed by atoms with E-state index in [4.69, 9.17) is 0 Å². The van der Waals surface area contributed by atoms with E-state index >= 15 is 0 Å². The van der Waals surface area contributed by atoms with Crippen LogP contribution in [0.3, 0.4) is 0 Å². The van der Waals surface area contributed by atoms with Crippen LogP contribution in [-0.4, -0.2) is 14.8 Å². The van der Waals surface area contributed by atoms with E-state index in [-0.39, 0.29) is 5.82 Å². The van der Waals surface area contributed by atoms with Crippen molar-refractivity contribution in [3.8, 4) is 0 Å². The van der Waals surface area contributed by atoms with Gasteiger partial charge in [0.2, 0.25) is 0 Å². The molecule has 0 amide bonds. The van der Waals surface area contributed by atoms with Gasteiger partial charge in [-0.2, -0.15) is 0 Å². The van der Waals surface area contributed by atoms with E-state index in [2.05, 4.69) is 14.8 Å². The molecule has 3 rings (SSSR count). The zero-order valence-electron chi connectivity index (χ0n) is 9.73. The Bertz CT molecular complexity index is 547. The molecule has 1 aromatic carbocycles. The molecular weight excluding hydrogens is 217 g/mol. The van der Waals surface area contributed by atoms with Crippen molar-refractivity contribution in [1.29, 1.82) is 0 Å². The van der Waals surface area contributed by atoms with Gasteiger partial charge in [0.1, 0.15) is 17.5 Å². The third-order valence-electron chi connectivity index (χ3n) is 3.45. The Morgan fingerprint density at radius 2 is 2.24 bits per heavy atom. The third-order valence-corrected chi connectivity index (χ3v) is 3.45. The van der Waals surface area contributed by atoms with Crippen LogP contribution in [0.25, 0.3) is 0 Å². The van der Waals surface area contributed by atoms with Crippen molar-refractivity contribution in [3.05, 3.63) is 47.3 Å². The van der Waals surface area contributed by atoms with E-state index in [0.29, 0.717) is 5.92 Å². The van der Waals surface area contributed by atoms with E-state index in [9.17, 15) is 4.39 Å². The molecule has 2 heterocycles. The molecule has 2 aromatic rings. The van der Waals surface area contributed by atoms with Gasteiger partial charge in [-0.25, -0.2) is 4.39 Å². The predicted octanol–water partition coefficient (Wildman–Crippen LogP) is 2.46. The third kappa shape index (κ3) is 1.84. The van der Waals surface area contributed by atoms with E-state index in [1.165, 1.54) is 6.07 Å². The fraction of sp³-hybridized carbons (Fsp3) is 0.385. The summed E-state index contributed by atoms with van der Waals surface area (Å²) < 4.78 is 15.3. The minimum Gasteiger partial charge on any atom is -0.315 e. The molecule has 0 fully saturated rings. The summed E-state index contributed by atoms with van der Waals surface area (Å²) in [5, 5.41) is 8.22. The second kappa shape index (κ2) is 3.95. The molecule has 0 saturated heterocycles. The standard InChI is InChI=1S/C13H14FN3/c1-9-15-16-13-6-5-11(8-17(9)13)10-3-2-4-12(14)7-10/h2-4,7,11H,5-6,8H2,1H3. The molecule has 0 radical (unpaired) electrons. The van der Waals surface area contributed by atoms with Crippen molar-refractivity contribution in [2.45, 2.75) is 32.2 Å². The molecule has 0 N–H and O–H groups in total. The quantitative estimate of drug-likeness (QED) is 0.754. The molecule has 4 heteroatoms. The Morgan fingerprint density at radius 1 is 1.35 bits per heavy atom. The minimum atomic E-state index is -0.159. The molecular formula is C13H14FN3. The van der Waals surface area contributed by atoms with E-state index < -0.39 is 0 Å². The van der Waals surface area contributed by atoms with Gasteiger partial charge in [-0.1, -0.05) is 12.1 Å². The Kier molecular flexibility index (Phi) is 2.42. The van der Waals surface area contributed by atoms with Crippen LogP contribution < -0.4 is 0 Å². The number of rotatable bonds is 1. The Morgan fingerprint density at radius 3 is 3.06 bits per heavy atom. The van der Waals surface area contributed by atoms with Gasteiger partial charge in [-0.3, -0.25) is 0 Å². The number of hydrogen-bond acceptors (Lipinski definition) is 2. The van der Waals surface area contributed by atoms with Gasteiger partial charge in [0.15, 0.2) is 0 Å². The second-order valence-corrected chi connectivity index (χ2v) is 4.56. The average molecular weight is 231 g/mol. The maximum Gasteiger partial charge on any atom is 0.133 e. The zero-order chi connectivity index (χ0) is 11.8. The van der Waals surface area contributed by atoms with Crippen LogP contribution in [0.1, 0.15) is 29.6 Å². The zero-order valence-corrected chi connectivity index (χ0v) is 9.73. The van der Waals surface area contributed by atoms with Gasteiger partial charge in [-0.15, -0.1) is 10.2 Å². The molecule has 1 aliphatic rings. The molecule has 88 valence electrons. The Labute approximate surface area is 99.3 Å². The molecule has 0 aliphatic carbocycles. The Balaban J connectivity index is 1.91. The average Bonchev–Trinajstić information content (AvgIpc) is 2.71. The summed E-state index contributed by atoms with van der Waals surface area (Å²) in [6.45, 7) is 2.82. The van der Waals surface area contributed by atoms with E-state index in [0.717, 1.165) is 36.6 Å². The summed E-state index contributed by atoms with van der Waals surface area (Å²) in [6.07, 6.45) is 1.93. The van der Waals surface area contributed by atoms with Crippen LogP contribution in [-0.2, 0) is 13.0 Å². The summed E-state index contributed by atoms with van der Waals surface area (Å²) in [5.41, 5.74) is 1.07. The number of nitrogens with zero attached hydrogens (tertiary/aromatic N) is 3. The van der Waals surface area contributed by atoms with Crippen LogP contribution in [0.5, 0.6) is 0 Å². The van der Waals surface area contributed by atoms with E-state index in [1.807, 2.05) is 13.0 Å². The van der Waals surface area contributed by atoms with Crippen LogP contribution in [0, 0.1) is 12.7 Å². The summed E-state index contributed by atoms with van der Waals surface area (Å²) >= 11 is 0. The summed E-state index contributed by atoms with van der Waals surface area (Å²) in [6, 6.07) is 6.90. The lowest BCUT2D eigenvalue weighted by atomic mass is 9.91. The number of fused-ring (bicyclic) bond motifs is 1. The van der Waals surface area contributed by atoms with Crippen LogP contribution in [0.2, 0.25) is 0 Å². The molecule has 1 unspecified atom stereocenters. The van der Waals surface area contributed by atoms with Crippen molar-refractivity contribution in [2.24, 2.45) is 0 Å². The monoisotopic (exact) mass is 231 g/mol. The van der Waals surface area contributed by atoms with Crippen LogP contribution in [0.15, 0.2) is 24.3 Å². The lowest BCUT2D eigenvalue weighted by molar-refractivity contribution is 0.448. The topological polar surface area (TPSA) is 30.7 Å². The van der Waals surface area contributed by atoms with Crippen molar-refractivity contribution >= 4 is 0 Å². The maximum atomic E-state index is 13.2. The van der Waals surface area contributed by atoms with Gasteiger partial charge in [0.25, 0.3) is 0 Å². The molecule has 17 heavy (non-hydrogen) atoms.